The fraction of sp³-hybridized carbons (Fsp3) is 0.487. The van der Waals surface area contributed by atoms with Crippen molar-refractivity contribution in [2.75, 3.05) is 33.0 Å². The van der Waals surface area contributed by atoms with Gasteiger partial charge in [0.2, 0.25) is 0 Å². The van der Waals surface area contributed by atoms with Crippen LogP contribution in [0.2, 0.25) is 0 Å². The molecule has 7 heteroatoms. The van der Waals surface area contributed by atoms with E-state index in [0.717, 1.165) is 77.5 Å². The van der Waals surface area contributed by atoms with Gasteiger partial charge in [-0.25, -0.2) is 9.59 Å². The molecule has 46 heavy (non-hydrogen) atoms. The molecular weight excluding hydrogens is 580 g/mol. The average molecular weight is 635 g/mol. The zero-order valence-electron chi connectivity index (χ0n) is 28.5. The van der Waals surface area contributed by atoms with Gasteiger partial charge in [0.05, 0.1) is 13.2 Å². The van der Waals surface area contributed by atoms with Crippen molar-refractivity contribution in [1.82, 2.24) is 0 Å². The first-order valence-corrected chi connectivity index (χ1v) is 16.5. The molecule has 1 N–H and O–H groups in total. The molecule has 0 fully saturated rings. The molecule has 0 spiro atoms. The van der Waals surface area contributed by atoms with Crippen LogP contribution < -0.4 is 4.74 Å². The summed E-state index contributed by atoms with van der Waals surface area (Å²) in [5.41, 5.74) is 7.52. The van der Waals surface area contributed by atoms with Crippen LogP contribution in [0.4, 0.5) is 0 Å². The first-order valence-electron chi connectivity index (χ1n) is 16.5. The smallest absolute Gasteiger partial charge is 0.333 e. The molecule has 0 aliphatic carbocycles. The molecule has 0 bridgehead atoms. The van der Waals surface area contributed by atoms with Gasteiger partial charge in [0, 0.05) is 28.9 Å². The van der Waals surface area contributed by atoms with Crippen LogP contribution in [-0.4, -0.2) is 50.1 Å². The largest absolute Gasteiger partial charge is 0.489 e. The van der Waals surface area contributed by atoms with Gasteiger partial charge < -0.3 is 24.1 Å². The molecule has 2 aromatic carbocycles. The number of unbranched alkanes of at least 4 members (excludes halogenated alkanes) is 4. The third-order valence-corrected chi connectivity index (χ3v) is 7.47. The maximum Gasteiger partial charge on any atom is 0.333 e. The normalized spacial score (nSPS) is 10.8. The number of aliphatic hydroxyl groups is 1. The van der Waals surface area contributed by atoms with Gasteiger partial charge in [-0.1, -0.05) is 82.2 Å². The minimum absolute atomic E-state index is 0.0706. The lowest BCUT2D eigenvalue weighted by atomic mass is 9.88. The Balaban J connectivity index is 2.67. The minimum atomic E-state index is -0.460. The highest BCUT2D eigenvalue weighted by molar-refractivity contribution is 5.87. The molecule has 2 rings (SSSR count). The Morgan fingerprint density at radius 2 is 1.43 bits per heavy atom. The molecular formula is C39H54O7. The van der Waals surface area contributed by atoms with Crippen LogP contribution in [0.3, 0.4) is 0 Å². The van der Waals surface area contributed by atoms with Crippen LogP contribution in [0, 0.1) is 0 Å². The topological polar surface area (TPSA) is 91.3 Å². The van der Waals surface area contributed by atoms with Gasteiger partial charge in [0.1, 0.15) is 25.6 Å². The molecule has 0 heterocycles. The Morgan fingerprint density at radius 1 is 0.761 bits per heavy atom. The van der Waals surface area contributed by atoms with E-state index in [1.54, 1.807) is 13.8 Å². The predicted octanol–water partition coefficient (Wildman–Crippen LogP) is 8.04. The molecule has 0 amide bonds. The number of hydrogen-bond donors (Lipinski definition) is 1. The summed E-state index contributed by atoms with van der Waals surface area (Å²) in [7, 11) is 0. The van der Waals surface area contributed by atoms with E-state index in [0.29, 0.717) is 43.0 Å². The zero-order valence-corrected chi connectivity index (χ0v) is 28.5. The lowest BCUT2D eigenvalue weighted by molar-refractivity contribution is -0.140. The van der Waals surface area contributed by atoms with Crippen molar-refractivity contribution >= 4 is 11.9 Å². The quantitative estimate of drug-likeness (QED) is 0.0573. The van der Waals surface area contributed by atoms with E-state index in [9.17, 15) is 14.7 Å². The monoisotopic (exact) mass is 634 g/mol. The summed E-state index contributed by atoms with van der Waals surface area (Å²) < 4.78 is 23.5. The van der Waals surface area contributed by atoms with E-state index in [2.05, 4.69) is 44.9 Å². The second-order valence-electron chi connectivity index (χ2n) is 11.9. The van der Waals surface area contributed by atoms with Crippen molar-refractivity contribution in [1.29, 1.82) is 0 Å². The van der Waals surface area contributed by atoms with Crippen LogP contribution >= 0.6 is 0 Å². The van der Waals surface area contributed by atoms with Gasteiger partial charge in [-0.15, -0.1) is 0 Å². The van der Waals surface area contributed by atoms with Crippen LogP contribution in [-0.2, 0) is 49.7 Å². The number of aryl methyl sites for hydroxylation is 1. The lowest BCUT2D eigenvalue weighted by Gasteiger charge is -2.24. The van der Waals surface area contributed by atoms with Gasteiger partial charge in [0.25, 0.3) is 0 Å². The molecule has 0 saturated heterocycles. The lowest BCUT2D eigenvalue weighted by Crippen LogP contribution is -2.16. The van der Waals surface area contributed by atoms with Gasteiger partial charge in [-0.05, 0) is 81.2 Å². The first-order chi connectivity index (χ1) is 22.1. The summed E-state index contributed by atoms with van der Waals surface area (Å²) in [5.74, 6) is -0.195. The van der Waals surface area contributed by atoms with Gasteiger partial charge in [-0.2, -0.15) is 0 Å². The molecule has 0 saturated carbocycles. The second kappa shape index (κ2) is 21.2. The number of benzene rings is 2. The zero-order chi connectivity index (χ0) is 33.9. The Morgan fingerprint density at radius 3 is 2.07 bits per heavy atom. The van der Waals surface area contributed by atoms with Crippen molar-refractivity contribution < 1.29 is 33.6 Å². The van der Waals surface area contributed by atoms with Crippen molar-refractivity contribution in [3.8, 4) is 16.9 Å². The van der Waals surface area contributed by atoms with E-state index in [4.69, 9.17) is 18.9 Å². The van der Waals surface area contributed by atoms with Crippen LogP contribution in [0.1, 0.15) is 88.5 Å². The van der Waals surface area contributed by atoms with E-state index < -0.39 is 11.9 Å². The maximum atomic E-state index is 12.5. The first kappa shape index (κ1) is 38.5. The van der Waals surface area contributed by atoms with Crippen molar-refractivity contribution in [3.63, 3.8) is 0 Å². The third-order valence-electron chi connectivity index (χ3n) is 7.47. The van der Waals surface area contributed by atoms with E-state index in [-0.39, 0.29) is 26.4 Å². The second-order valence-corrected chi connectivity index (χ2v) is 11.9. The van der Waals surface area contributed by atoms with Crippen LogP contribution in [0.5, 0.6) is 5.75 Å². The number of ether oxygens (including phenoxy) is 4. The highest BCUT2D eigenvalue weighted by atomic mass is 16.6. The molecule has 2 aromatic rings. The third kappa shape index (κ3) is 13.4. The average Bonchev–Trinajstić information content (AvgIpc) is 3.03. The van der Waals surface area contributed by atoms with Crippen LogP contribution in [0.25, 0.3) is 11.1 Å². The Labute approximate surface area is 276 Å². The molecule has 7 nitrogen and oxygen atoms in total. The Hall–Kier alpha value is -3.68. The highest BCUT2D eigenvalue weighted by Crippen LogP contribution is 2.39. The predicted molar refractivity (Wildman–Crippen MR) is 185 cm³/mol. The van der Waals surface area contributed by atoms with Gasteiger partial charge in [-0.3, -0.25) is 0 Å². The SMILES string of the molecule is C=C(C)COCCc1c(CCCCCCC)c(COC(=O)C(=C)C)cc(-c2ccc(CCCO)cc2)c1OCCOC(=O)C(=C)C. The number of esters is 2. The van der Waals surface area contributed by atoms with Crippen molar-refractivity contribution in [2.24, 2.45) is 0 Å². The summed E-state index contributed by atoms with van der Waals surface area (Å²) in [6, 6.07) is 10.3. The Bertz CT molecular complexity index is 1310. The standard InChI is InChI=1S/C39H54O7/c1-8-9-10-11-12-15-34-33(27-46-39(42)30(6)7)25-36(32-18-16-31(17-19-32)14-13-21-40)37(35(34)20-22-43-26-28(2)3)44-23-24-45-38(41)29(4)5/h16-19,25,40H,2,4,6,8-15,20-24,26-27H2,1,3,5,7H3. The summed E-state index contributed by atoms with van der Waals surface area (Å²) in [5, 5.41) is 9.29. The summed E-state index contributed by atoms with van der Waals surface area (Å²) in [4.78, 5) is 24.6. The number of carbonyl (C=O) groups excluding carboxylic acids is 2. The van der Waals surface area contributed by atoms with E-state index >= 15 is 0 Å². The minimum Gasteiger partial charge on any atom is -0.489 e. The summed E-state index contributed by atoms with van der Waals surface area (Å²) in [6.07, 6.45) is 8.41. The molecule has 0 aliphatic rings. The number of rotatable bonds is 23. The number of hydrogen-bond acceptors (Lipinski definition) is 7. The van der Waals surface area contributed by atoms with Gasteiger partial charge >= 0.3 is 11.9 Å². The number of aliphatic hydroxyl groups excluding tert-OH is 1. The maximum absolute atomic E-state index is 12.5. The van der Waals surface area contributed by atoms with Crippen LogP contribution in [0.15, 0.2) is 66.8 Å². The highest BCUT2D eigenvalue weighted by Gasteiger charge is 2.22. The molecule has 0 aromatic heterocycles. The van der Waals surface area contributed by atoms with E-state index in [1.165, 1.54) is 6.42 Å². The summed E-state index contributed by atoms with van der Waals surface area (Å²) >= 11 is 0. The molecule has 0 unspecified atom stereocenters. The molecule has 0 aliphatic heterocycles. The molecule has 0 atom stereocenters. The molecule has 252 valence electrons. The fourth-order valence-electron chi connectivity index (χ4n) is 5.03. The Kier molecular flexibility index (Phi) is 17.7. The van der Waals surface area contributed by atoms with Crippen molar-refractivity contribution in [2.45, 2.75) is 92.1 Å². The van der Waals surface area contributed by atoms with Gasteiger partial charge in [0.15, 0.2) is 0 Å². The fourth-order valence-corrected chi connectivity index (χ4v) is 5.03. The molecule has 0 radical (unpaired) electrons. The summed E-state index contributed by atoms with van der Waals surface area (Å²) in [6.45, 7) is 20.1. The van der Waals surface area contributed by atoms with Crippen molar-refractivity contribution in [3.05, 3.63) is 89.0 Å². The number of carbonyl (C=O) groups is 2. The van der Waals surface area contributed by atoms with E-state index in [1.807, 2.05) is 19.1 Å².